The summed E-state index contributed by atoms with van der Waals surface area (Å²) in [6.45, 7) is 6.00. The van der Waals surface area contributed by atoms with Crippen molar-refractivity contribution in [2.75, 3.05) is 10.6 Å². The molecule has 0 aliphatic rings. The standard InChI is InChI=1S/C15H18N4O/c1-10(2)18-14-9-16-13(8-17-14)15(20)19-12-6-4-5-11(3)7-12/h4-10H,1-3H3,(H,17,18)(H,19,20). The van der Waals surface area contributed by atoms with Gasteiger partial charge < -0.3 is 10.6 Å². The van der Waals surface area contributed by atoms with Crippen LogP contribution >= 0.6 is 0 Å². The van der Waals surface area contributed by atoms with Gasteiger partial charge in [-0.3, -0.25) is 4.79 Å². The summed E-state index contributed by atoms with van der Waals surface area (Å²) in [5, 5.41) is 5.92. The summed E-state index contributed by atoms with van der Waals surface area (Å²) in [6.07, 6.45) is 3.03. The van der Waals surface area contributed by atoms with E-state index in [-0.39, 0.29) is 11.9 Å². The Morgan fingerprint density at radius 2 is 2.00 bits per heavy atom. The lowest BCUT2D eigenvalue weighted by Gasteiger charge is -2.09. The van der Waals surface area contributed by atoms with Crippen molar-refractivity contribution in [2.45, 2.75) is 26.8 Å². The van der Waals surface area contributed by atoms with Gasteiger partial charge in [-0.05, 0) is 38.5 Å². The Balaban J connectivity index is 2.06. The second-order valence-corrected chi connectivity index (χ2v) is 4.91. The maximum absolute atomic E-state index is 12.0. The number of aryl methyl sites for hydroxylation is 1. The van der Waals surface area contributed by atoms with Crippen LogP contribution in [0.3, 0.4) is 0 Å². The molecule has 1 aromatic heterocycles. The van der Waals surface area contributed by atoms with Crippen molar-refractivity contribution in [1.82, 2.24) is 9.97 Å². The number of aromatic nitrogens is 2. The molecule has 5 heteroatoms. The molecule has 0 fully saturated rings. The summed E-state index contributed by atoms with van der Waals surface area (Å²) in [7, 11) is 0. The first kappa shape index (κ1) is 14.0. The van der Waals surface area contributed by atoms with Crippen molar-refractivity contribution < 1.29 is 4.79 Å². The zero-order valence-corrected chi connectivity index (χ0v) is 11.8. The molecule has 0 aliphatic carbocycles. The van der Waals surface area contributed by atoms with Crippen molar-refractivity contribution >= 4 is 17.4 Å². The largest absolute Gasteiger partial charge is 0.367 e. The Kier molecular flexibility index (Phi) is 4.30. The van der Waals surface area contributed by atoms with Crippen LogP contribution in [0.4, 0.5) is 11.5 Å². The molecule has 2 N–H and O–H groups in total. The number of nitrogens with one attached hydrogen (secondary N) is 2. The van der Waals surface area contributed by atoms with E-state index in [1.54, 1.807) is 6.20 Å². The van der Waals surface area contributed by atoms with Crippen LogP contribution in [0.15, 0.2) is 36.7 Å². The lowest BCUT2D eigenvalue weighted by atomic mass is 10.2. The minimum absolute atomic E-state index is 0.265. The number of anilines is 2. The fraction of sp³-hybridized carbons (Fsp3) is 0.267. The summed E-state index contributed by atoms with van der Waals surface area (Å²) in [6, 6.07) is 7.89. The molecule has 5 nitrogen and oxygen atoms in total. The van der Waals surface area contributed by atoms with E-state index in [1.165, 1.54) is 6.20 Å². The number of carbonyl (C=O) groups is 1. The van der Waals surface area contributed by atoms with Crippen LogP contribution in [-0.4, -0.2) is 21.9 Å². The Morgan fingerprint density at radius 3 is 2.60 bits per heavy atom. The predicted octanol–water partition coefficient (Wildman–Crippen LogP) is 2.86. The first-order chi connectivity index (χ1) is 9.54. The summed E-state index contributed by atoms with van der Waals surface area (Å²) in [5.74, 6) is 0.395. The second kappa shape index (κ2) is 6.14. The van der Waals surface area contributed by atoms with Crippen LogP contribution in [0.25, 0.3) is 0 Å². The topological polar surface area (TPSA) is 66.9 Å². The number of amides is 1. The van der Waals surface area contributed by atoms with E-state index in [0.717, 1.165) is 11.3 Å². The molecule has 0 atom stereocenters. The highest BCUT2D eigenvalue weighted by Gasteiger charge is 2.08. The van der Waals surface area contributed by atoms with E-state index in [0.29, 0.717) is 11.5 Å². The third-order valence-electron chi connectivity index (χ3n) is 2.60. The minimum atomic E-state index is -0.265. The SMILES string of the molecule is Cc1cccc(NC(=O)c2cnc(NC(C)C)cn2)c1. The van der Waals surface area contributed by atoms with E-state index >= 15 is 0 Å². The predicted molar refractivity (Wildman–Crippen MR) is 79.9 cm³/mol. The summed E-state index contributed by atoms with van der Waals surface area (Å²) in [5.41, 5.74) is 2.13. The fourth-order valence-electron chi connectivity index (χ4n) is 1.73. The van der Waals surface area contributed by atoms with Gasteiger partial charge in [-0.1, -0.05) is 12.1 Å². The molecule has 1 aromatic carbocycles. The van der Waals surface area contributed by atoms with Gasteiger partial charge in [0.1, 0.15) is 11.5 Å². The molecular formula is C15H18N4O. The molecule has 0 saturated carbocycles. The third-order valence-corrected chi connectivity index (χ3v) is 2.60. The molecule has 0 spiro atoms. The average Bonchev–Trinajstić information content (AvgIpc) is 2.38. The number of carbonyl (C=O) groups excluding carboxylic acids is 1. The Bertz CT molecular complexity index is 593. The van der Waals surface area contributed by atoms with E-state index in [4.69, 9.17) is 0 Å². The summed E-state index contributed by atoms with van der Waals surface area (Å²) < 4.78 is 0. The van der Waals surface area contributed by atoms with Gasteiger partial charge in [0.15, 0.2) is 0 Å². The van der Waals surface area contributed by atoms with E-state index < -0.39 is 0 Å². The number of hydrogen-bond acceptors (Lipinski definition) is 4. The average molecular weight is 270 g/mol. The maximum atomic E-state index is 12.0. The van der Waals surface area contributed by atoms with Gasteiger partial charge in [0.2, 0.25) is 0 Å². The molecule has 104 valence electrons. The van der Waals surface area contributed by atoms with Crippen LogP contribution in [0.2, 0.25) is 0 Å². The van der Waals surface area contributed by atoms with Gasteiger partial charge in [0.25, 0.3) is 5.91 Å². The summed E-state index contributed by atoms with van der Waals surface area (Å²) in [4.78, 5) is 20.3. The van der Waals surface area contributed by atoms with E-state index in [2.05, 4.69) is 20.6 Å². The Labute approximate surface area is 118 Å². The normalized spacial score (nSPS) is 10.4. The zero-order chi connectivity index (χ0) is 14.5. The number of hydrogen-bond donors (Lipinski definition) is 2. The van der Waals surface area contributed by atoms with E-state index in [9.17, 15) is 4.79 Å². The highest BCUT2D eigenvalue weighted by molar-refractivity contribution is 6.02. The third kappa shape index (κ3) is 3.78. The Morgan fingerprint density at radius 1 is 1.20 bits per heavy atom. The molecule has 0 radical (unpaired) electrons. The fourth-order valence-corrected chi connectivity index (χ4v) is 1.73. The van der Waals surface area contributed by atoms with Crippen molar-refractivity contribution in [1.29, 1.82) is 0 Å². The summed E-state index contributed by atoms with van der Waals surface area (Å²) >= 11 is 0. The van der Waals surface area contributed by atoms with Crippen molar-refractivity contribution in [3.63, 3.8) is 0 Å². The van der Waals surface area contributed by atoms with Crippen molar-refractivity contribution in [2.24, 2.45) is 0 Å². The number of rotatable bonds is 4. The van der Waals surface area contributed by atoms with Gasteiger partial charge in [-0.15, -0.1) is 0 Å². The minimum Gasteiger partial charge on any atom is -0.367 e. The van der Waals surface area contributed by atoms with Gasteiger partial charge in [-0.2, -0.15) is 0 Å². The number of nitrogens with zero attached hydrogens (tertiary/aromatic N) is 2. The highest BCUT2D eigenvalue weighted by atomic mass is 16.1. The van der Waals surface area contributed by atoms with Crippen molar-refractivity contribution in [3.8, 4) is 0 Å². The quantitative estimate of drug-likeness (QED) is 0.896. The Hall–Kier alpha value is -2.43. The lowest BCUT2D eigenvalue weighted by molar-refractivity contribution is 0.102. The van der Waals surface area contributed by atoms with Crippen molar-refractivity contribution in [3.05, 3.63) is 47.9 Å². The molecule has 0 bridgehead atoms. The molecule has 2 aromatic rings. The molecule has 0 saturated heterocycles. The van der Waals surface area contributed by atoms with E-state index in [1.807, 2.05) is 45.0 Å². The van der Waals surface area contributed by atoms with Gasteiger partial charge in [0, 0.05) is 11.7 Å². The molecule has 1 amide bonds. The van der Waals surface area contributed by atoms with Crippen LogP contribution < -0.4 is 10.6 Å². The second-order valence-electron chi connectivity index (χ2n) is 4.91. The van der Waals surface area contributed by atoms with Crippen LogP contribution in [-0.2, 0) is 0 Å². The molecule has 1 heterocycles. The first-order valence-corrected chi connectivity index (χ1v) is 6.51. The van der Waals surface area contributed by atoms with Gasteiger partial charge >= 0.3 is 0 Å². The molecule has 0 aliphatic heterocycles. The first-order valence-electron chi connectivity index (χ1n) is 6.51. The molecule has 0 unspecified atom stereocenters. The monoisotopic (exact) mass is 270 g/mol. The molecule has 20 heavy (non-hydrogen) atoms. The molecule has 2 rings (SSSR count). The highest BCUT2D eigenvalue weighted by Crippen LogP contribution is 2.11. The number of benzene rings is 1. The van der Waals surface area contributed by atoms with Crippen LogP contribution in [0, 0.1) is 6.92 Å². The zero-order valence-electron chi connectivity index (χ0n) is 11.8. The van der Waals surface area contributed by atoms with Gasteiger partial charge in [0.05, 0.1) is 12.4 Å². The lowest BCUT2D eigenvalue weighted by Crippen LogP contribution is -2.16. The van der Waals surface area contributed by atoms with Crippen LogP contribution in [0.5, 0.6) is 0 Å². The molecular weight excluding hydrogens is 252 g/mol. The van der Waals surface area contributed by atoms with Gasteiger partial charge in [-0.25, -0.2) is 9.97 Å². The van der Waals surface area contributed by atoms with Crippen LogP contribution in [0.1, 0.15) is 29.9 Å². The maximum Gasteiger partial charge on any atom is 0.275 e. The smallest absolute Gasteiger partial charge is 0.275 e.